The van der Waals surface area contributed by atoms with Crippen LogP contribution in [0.2, 0.25) is 0 Å². The summed E-state index contributed by atoms with van der Waals surface area (Å²) in [6.07, 6.45) is 1.12. The molecule has 1 fully saturated rings. The summed E-state index contributed by atoms with van der Waals surface area (Å²) in [6, 6.07) is 4.65. The molecule has 2 unspecified atom stereocenters. The molecule has 5 nitrogen and oxygen atoms in total. The second-order valence-electron chi connectivity index (χ2n) is 5.16. The lowest BCUT2D eigenvalue weighted by Crippen LogP contribution is -2.45. The molecule has 0 aliphatic carbocycles. The topological polar surface area (TPSA) is 70.0 Å². The maximum Gasteiger partial charge on any atom is 0.254 e. The molecule has 0 saturated carbocycles. The summed E-state index contributed by atoms with van der Waals surface area (Å²) in [5, 5.41) is 19.6. The van der Waals surface area contributed by atoms with Gasteiger partial charge in [0.15, 0.2) is 11.5 Å². The summed E-state index contributed by atoms with van der Waals surface area (Å²) >= 11 is 0. The van der Waals surface area contributed by atoms with Crippen LogP contribution in [0, 0.1) is 5.92 Å². The first kappa shape index (κ1) is 14.7. The maximum absolute atomic E-state index is 12.4. The molecule has 1 aromatic rings. The molecule has 1 amide bonds. The van der Waals surface area contributed by atoms with Crippen molar-refractivity contribution >= 4 is 5.91 Å². The third-order valence-corrected chi connectivity index (χ3v) is 3.93. The number of benzene rings is 1. The zero-order chi connectivity index (χ0) is 14.7. The van der Waals surface area contributed by atoms with Crippen molar-refractivity contribution < 1.29 is 19.7 Å². The number of carbonyl (C=O) groups excluding carboxylic acids is 1. The van der Waals surface area contributed by atoms with Crippen LogP contribution in [0.5, 0.6) is 11.5 Å². The van der Waals surface area contributed by atoms with Crippen LogP contribution in [-0.2, 0) is 0 Å². The number of nitrogens with zero attached hydrogens (tertiary/aromatic N) is 1. The maximum atomic E-state index is 12.4. The number of rotatable bonds is 3. The number of ether oxygens (including phenoxy) is 1. The van der Waals surface area contributed by atoms with E-state index >= 15 is 0 Å². The Kier molecular flexibility index (Phi) is 4.49. The highest BCUT2D eigenvalue weighted by atomic mass is 16.5. The van der Waals surface area contributed by atoms with Crippen molar-refractivity contribution in [2.45, 2.75) is 25.9 Å². The predicted molar refractivity (Wildman–Crippen MR) is 75.0 cm³/mol. The Morgan fingerprint density at radius 1 is 1.50 bits per heavy atom. The van der Waals surface area contributed by atoms with Gasteiger partial charge in [0.2, 0.25) is 0 Å². The SMILES string of the molecule is CCC1CN(C(=O)c2ccc(OC)c(O)c2)CCC1O. The lowest BCUT2D eigenvalue weighted by Gasteiger charge is -2.35. The van der Waals surface area contributed by atoms with Crippen molar-refractivity contribution in [3.8, 4) is 11.5 Å². The van der Waals surface area contributed by atoms with E-state index in [1.54, 1.807) is 17.0 Å². The normalized spacial score (nSPS) is 22.6. The smallest absolute Gasteiger partial charge is 0.254 e. The first-order valence-corrected chi connectivity index (χ1v) is 6.91. The Morgan fingerprint density at radius 2 is 2.25 bits per heavy atom. The Bertz CT molecular complexity index is 489. The molecule has 0 aromatic heterocycles. The molecule has 2 atom stereocenters. The van der Waals surface area contributed by atoms with E-state index in [1.165, 1.54) is 13.2 Å². The van der Waals surface area contributed by atoms with Crippen molar-refractivity contribution in [1.29, 1.82) is 0 Å². The Labute approximate surface area is 118 Å². The quantitative estimate of drug-likeness (QED) is 0.882. The van der Waals surface area contributed by atoms with Crippen LogP contribution in [0.4, 0.5) is 0 Å². The fourth-order valence-corrected chi connectivity index (χ4v) is 2.61. The summed E-state index contributed by atoms with van der Waals surface area (Å²) in [5.74, 6) is 0.317. The molecule has 1 heterocycles. The number of aliphatic hydroxyl groups is 1. The highest BCUT2D eigenvalue weighted by molar-refractivity contribution is 5.95. The Balaban J connectivity index is 2.13. The van der Waals surface area contributed by atoms with Gasteiger partial charge in [0.25, 0.3) is 5.91 Å². The average molecular weight is 279 g/mol. The van der Waals surface area contributed by atoms with Gasteiger partial charge in [-0.2, -0.15) is 0 Å². The second-order valence-corrected chi connectivity index (χ2v) is 5.16. The van der Waals surface area contributed by atoms with Crippen LogP contribution in [0.25, 0.3) is 0 Å². The number of aliphatic hydroxyl groups excluding tert-OH is 1. The van der Waals surface area contributed by atoms with E-state index in [0.29, 0.717) is 30.8 Å². The average Bonchev–Trinajstić information content (AvgIpc) is 2.47. The number of hydrogen-bond acceptors (Lipinski definition) is 4. The zero-order valence-corrected chi connectivity index (χ0v) is 11.9. The van der Waals surface area contributed by atoms with Gasteiger partial charge in [-0.05, 0) is 31.0 Å². The van der Waals surface area contributed by atoms with Gasteiger partial charge in [-0.1, -0.05) is 6.92 Å². The van der Waals surface area contributed by atoms with E-state index in [-0.39, 0.29) is 23.7 Å². The number of methoxy groups -OCH3 is 1. The van der Waals surface area contributed by atoms with Gasteiger partial charge in [0, 0.05) is 24.6 Å². The van der Waals surface area contributed by atoms with E-state index in [9.17, 15) is 15.0 Å². The summed E-state index contributed by atoms with van der Waals surface area (Å²) < 4.78 is 4.97. The van der Waals surface area contributed by atoms with Gasteiger partial charge in [-0.3, -0.25) is 4.79 Å². The molecule has 2 rings (SSSR count). The van der Waals surface area contributed by atoms with Gasteiger partial charge < -0.3 is 19.8 Å². The molecule has 1 aliphatic heterocycles. The number of phenolic OH excluding ortho intramolecular Hbond substituents is 1. The molecule has 0 bridgehead atoms. The van der Waals surface area contributed by atoms with E-state index in [0.717, 1.165) is 6.42 Å². The molecule has 1 saturated heterocycles. The predicted octanol–water partition coefficient (Wildman–Crippen LogP) is 1.63. The Morgan fingerprint density at radius 3 is 2.85 bits per heavy atom. The molecule has 0 spiro atoms. The van der Waals surface area contributed by atoms with E-state index < -0.39 is 0 Å². The van der Waals surface area contributed by atoms with Crippen molar-refractivity contribution in [3.05, 3.63) is 23.8 Å². The molecular formula is C15H21NO4. The van der Waals surface area contributed by atoms with Crippen LogP contribution in [0.15, 0.2) is 18.2 Å². The first-order chi connectivity index (χ1) is 9.56. The minimum absolute atomic E-state index is 0.0394. The fraction of sp³-hybridized carbons (Fsp3) is 0.533. The summed E-state index contributed by atoms with van der Waals surface area (Å²) in [6.45, 7) is 3.12. The third-order valence-electron chi connectivity index (χ3n) is 3.93. The van der Waals surface area contributed by atoms with E-state index in [4.69, 9.17) is 4.74 Å². The number of phenols is 1. The summed E-state index contributed by atoms with van der Waals surface area (Å²) in [5.41, 5.74) is 0.439. The zero-order valence-electron chi connectivity index (χ0n) is 11.9. The molecule has 20 heavy (non-hydrogen) atoms. The van der Waals surface area contributed by atoms with Crippen molar-refractivity contribution in [2.75, 3.05) is 20.2 Å². The highest BCUT2D eigenvalue weighted by Crippen LogP contribution is 2.28. The lowest BCUT2D eigenvalue weighted by molar-refractivity contribution is 0.0228. The van der Waals surface area contributed by atoms with Gasteiger partial charge in [-0.15, -0.1) is 0 Å². The van der Waals surface area contributed by atoms with Crippen LogP contribution in [-0.4, -0.2) is 47.3 Å². The monoisotopic (exact) mass is 279 g/mol. The van der Waals surface area contributed by atoms with E-state index in [1.807, 2.05) is 6.92 Å². The standard InChI is InChI=1S/C15H21NO4/c1-3-10-9-16(7-6-12(10)17)15(19)11-4-5-14(20-2)13(18)8-11/h4-5,8,10,12,17-18H,3,6-7,9H2,1-2H3. The molecule has 2 N–H and O–H groups in total. The number of likely N-dealkylation sites (tertiary alicyclic amines) is 1. The number of carbonyl (C=O) groups is 1. The molecule has 5 heteroatoms. The molecule has 0 radical (unpaired) electrons. The molecule has 110 valence electrons. The molecule has 1 aliphatic rings. The van der Waals surface area contributed by atoms with Gasteiger partial charge in [0.1, 0.15) is 0 Å². The third kappa shape index (κ3) is 2.88. The largest absolute Gasteiger partial charge is 0.504 e. The number of amides is 1. The minimum Gasteiger partial charge on any atom is -0.504 e. The number of aromatic hydroxyl groups is 1. The second kappa shape index (κ2) is 6.13. The van der Waals surface area contributed by atoms with E-state index in [2.05, 4.69) is 0 Å². The summed E-state index contributed by atoms with van der Waals surface area (Å²) in [7, 11) is 1.47. The van der Waals surface area contributed by atoms with Crippen LogP contribution in [0.3, 0.4) is 0 Å². The van der Waals surface area contributed by atoms with Gasteiger partial charge in [-0.25, -0.2) is 0 Å². The van der Waals surface area contributed by atoms with Gasteiger partial charge >= 0.3 is 0 Å². The number of piperidine rings is 1. The summed E-state index contributed by atoms with van der Waals surface area (Å²) in [4.78, 5) is 14.2. The minimum atomic E-state index is -0.326. The van der Waals surface area contributed by atoms with Crippen molar-refractivity contribution in [3.63, 3.8) is 0 Å². The van der Waals surface area contributed by atoms with Crippen molar-refractivity contribution in [1.82, 2.24) is 4.90 Å². The van der Waals surface area contributed by atoms with Crippen molar-refractivity contribution in [2.24, 2.45) is 5.92 Å². The lowest BCUT2D eigenvalue weighted by atomic mass is 9.92. The van der Waals surface area contributed by atoms with Crippen LogP contribution in [0.1, 0.15) is 30.1 Å². The van der Waals surface area contributed by atoms with Crippen LogP contribution >= 0.6 is 0 Å². The Hall–Kier alpha value is -1.75. The number of hydrogen-bond donors (Lipinski definition) is 2. The first-order valence-electron chi connectivity index (χ1n) is 6.91. The van der Waals surface area contributed by atoms with Gasteiger partial charge in [0.05, 0.1) is 13.2 Å². The molecular weight excluding hydrogens is 258 g/mol. The fourth-order valence-electron chi connectivity index (χ4n) is 2.61. The van der Waals surface area contributed by atoms with Crippen LogP contribution < -0.4 is 4.74 Å². The highest BCUT2D eigenvalue weighted by Gasteiger charge is 2.29. The molecule has 1 aromatic carbocycles.